The van der Waals surface area contributed by atoms with Gasteiger partial charge in [-0.05, 0) is 43.4 Å². The number of ether oxygens (including phenoxy) is 1. The molecule has 0 amide bonds. The van der Waals surface area contributed by atoms with Gasteiger partial charge in [0.05, 0.1) is 0 Å². The van der Waals surface area contributed by atoms with Gasteiger partial charge in [0.1, 0.15) is 11.9 Å². The summed E-state index contributed by atoms with van der Waals surface area (Å²) in [4.78, 5) is 0. The zero-order valence-corrected chi connectivity index (χ0v) is 11.6. The van der Waals surface area contributed by atoms with Crippen LogP contribution in [0.25, 0.3) is 0 Å². The van der Waals surface area contributed by atoms with E-state index >= 15 is 0 Å². The summed E-state index contributed by atoms with van der Waals surface area (Å²) in [5.41, 5.74) is 0. The van der Waals surface area contributed by atoms with Gasteiger partial charge in [0.2, 0.25) is 0 Å². The van der Waals surface area contributed by atoms with E-state index in [2.05, 4.69) is 31.9 Å². The molecule has 1 nitrogen and oxygen atoms in total. The lowest BCUT2D eigenvalue weighted by atomic mass is 10.2. The van der Waals surface area contributed by atoms with Crippen molar-refractivity contribution in [3.63, 3.8) is 0 Å². The lowest BCUT2D eigenvalue weighted by Gasteiger charge is -2.17. The highest BCUT2D eigenvalue weighted by Crippen LogP contribution is 2.36. The Balaban J connectivity index is 1.98. The minimum absolute atomic E-state index is 0.388. The quantitative estimate of drug-likeness (QED) is 0.726. The van der Waals surface area contributed by atoms with E-state index < -0.39 is 0 Å². The van der Waals surface area contributed by atoms with Crippen molar-refractivity contribution in [2.45, 2.75) is 25.4 Å². The van der Waals surface area contributed by atoms with Crippen LogP contribution < -0.4 is 4.74 Å². The number of halogens is 2. The van der Waals surface area contributed by atoms with Gasteiger partial charge in [0.25, 0.3) is 0 Å². The smallest absolute Gasteiger partial charge is 0.120 e. The van der Waals surface area contributed by atoms with Gasteiger partial charge >= 0.3 is 0 Å². The monoisotopic (exact) mass is 332 g/mol. The minimum Gasteiger partial charge on any atom is -0.490 e. The van der Waals surface area contributed by atoms with Crippen LogP contribution in [0.3, 0.4) is 0 Å². The second-order valence-corrected chi connectivity index (χ2v) is 5.64. The summed E-state index contributed by atoms with van der Waals surface area (Å²) in [7, 11) is 0. The third-order valence-electron chi connectivity index (χ3n) is 2.62. The summed E-state index contributed by atoms with van der Waals surface area (Å²) < 4.78 is 7.08. The Hall–Kier alpha value is -0.0200. The Morgan fingerprint density at radius 2 is 2.20 bits per heavy atom. The predicted octanol–water partition coefficient (Wildman–Crippen LogP) is 4.39. The third-order valence-corrected chi connectivity index (χ3v) is 3.58. The van der Waals surface area contributed by atoms with E-state index in [1.165, 1.54) is 12.8 Å². The van der Waals surface area contributed by atoms with Gasteiger partial charge in [-0.2, -0.15) is 0 Å². The van der Waals surface area contributed by atoms with Crippen LogP contribution >= 0.6 is 31.9 Å². The van der Waals surface area contributed by atoms with Gasteiger partial charge in [0.15, 0.2) is 0 Å². The minimum atomic E-state index is 0.388. The number of alkyl halides is 1. The molecule has 1 atom stereocenters. The fourth-order valence-electron chi connectivity index (χ4n) is 1.68. The molecule has 0 bridgehead atoms. The Labute approximate surface area is 107 Å². The molecule has 0 aliphatic heterocycles. The molecule has 3 heteroatoms. The largest absolute Gasteiger partial charge is 0.490 e. The van der Waals surface area contributed by atoms with Gasteiger partial charge in [-0.25, -0.2) is 0 Å². The number of benzene rings is 1. The van der Waals surface area contributed by atoms with Crippen LogP contribution in [0.2, 0.25) is 0 Å². The van der Waals surface area contributed by atoms with Crippen LogP contribution in [0.15, 0.2) is 28.7 Å². The summed E-state index contributed by atoms with van der Waals surface area (Å²) in [5, 5.41) is 1.02. The topological polar surface area (TPSA) is 9.23 Å². The van der Waals surface area contributed by atoms with E-state index in [0.717, 1.165) is 27.9 Å². The SMILES string of the molecule is BrCCC(Oc1cccc(Br)c1)C1CC1. The first kappa shape index (κ1) is 11.5. The molecule has 1 aromatic carbocycles. The molecular weight excluding hydrogens is 320 g/mol. The molecular formula is C12H14Br2O. The zero-order chi connectivity index (χ0) is 10.7. The Morgan fingerprint density at radius 1 is 1.40 bits per heavy atom. The summed E-state index contributed by atoms with van der Waals surface area (Å²) in [6.45, 7) is 0. The molecule has 0 aromatic heterocycles. The Bertz CT molecular complexity index is 323. The van der Waals surface area contributed by atoms with Gasteiger partial charge in [-0.1, -0.05) is 37.9 Å². The molecule has 1 aromatic rings. The van der Waals surface area contributed by atoms with Crippen molar-refractivity contribution in [3.8, 4) is 5.75 Å². The van der Waals surface area contributed by atoms with Crippen LogP contribution in [0.5, 0.6) is 5.75 Å². The Kier molecular flexibility index (Phi) is 4.09. The highest BCUT2D eigenvalue weighted by Gasteiger charge is 2.32. The van der Waals surface area contributed by atoms with Crippen molar-refractivity contribution in [1.82, 2.24) is 0 Å². The molecule has 2 rings (SSSR count). The van der Waals surface area contributed by atoms with E-state index in [1.54, 1.807) is 0 Å². The standard InChI is InChI=1S/C12H14Br2O/c13-7-6-12(9-4-5-9)15-11-3-1-2-10(14)8-11/h1-3,8-9,12H,4-7H2. The molecule has 0 saturated heterocycles. The first-order valence-corrected chi connectivity index (χ1v) is 7.19. The number of hydrogen-bond acceptors (Lipinski definition) is 1. The molecule has 1 saturated carbocycles. The van der Waals surface area contributed by atoms with Crippen molar-refractivity contribution in [3.05, 3.63) is 28.7 Å². The summed E-state index contributed by atoms with van der Waals surface area (Å²) in [6, 6.07) is 8.08. The van der Waals surface area contributed by atoms with Crippen LogP contribution in [0, 0.1) is 5.92 Å². The average molecular weight is 334 g/mol. The molecule has 0 N–H and O–H groups in total. The maximum atomic E-state index is 6.00. The highest BCUT2D eigenvalue weighted by molar-refractivity contribution is 9.10. The fraction of sp³-hybridized carbons (Fsp3) is 0.500. The molecule has 1 fully saturated rings. The van der Waals surface area contributed by atoms with Crippen LogP contribution in [-0.4, -0.2) is 11.4 Å². The Morgan fingerprint density at radius 3 is 2.80 bits per heavy atom. The van der Waals surface area contributed by atoms with Crippen molar-refractivity contribution in [2.75, 3.05) is 5.33 Å². The fourth-order valence-corrected chi connectivity index (χ4v) is 2.51. The van der Waals surface area contributed by atoms with Gasteiger partial charge in [-0.15, -0.1) is 0 Å². The molecule has 0 radical (unpaired) electrons. The first-order chi connectivity index (χ1) is 7.29. The highest BCUT2D eigenvalue weighted by atomic mass is 79.9. The zero-order valence-electron chi connectivity index (χ0n) is 8.46. The number of rotatable bonds is 5. The molecule has 15 heavy (non-hydrogen) atoms. The summed E-state index contributed by atoms with van der Waals surface area (Å²) >= 11 is 6.94. The molecule has 82 valence electrons. The second kappa shape index (κ2) is 5.35. The molecule has 0 spiro atoms. The molecule has 1 aliphatic carbocycles. The van der Waals surface area contributed by atoms with Gasteiger partial charge < -0.3 is 4.74 Å². The van der Waals surface area contributed by atoms with E-state index in [0.29, 0.717) is 6.10 Å². The summed E-state index contributed by atoms with van der Waals surface area (Å²) in [5.74, 6) is 1.75. The van der Waals surface area contributed by atoms with Crippen molar-refractivity contribution in [1.29, 1.82) is 0 Å². The third kappa shape index (κ3) is 3.49. The van der Waals surface area contributed by atoms with E-state index in [9.17, 15) is 0 Å². The maximum absolute atomic E-state index is 6.00. The van der Waals surface area contributed by atoms with Crippen molar-refractivity contribution in [2.24, 2.45) is 5.92 Å². The molecule has 0 heterocycles. The lowest BCUT2D eigenvalue weighted by Crippen LogP contribution is -2.19. The lowest BCUT2D eigenvalue weighted by molar-refractivity contribution is 0.175. The van der Waals surface area contributed by atoms with Crippen LogP contribution in [0.1, 0.15) is 19.3 Å². The van der Waals surface area contributed by atoms with Gasteiger partial charge in [0, 0.05) is 9.80 Å². The molecule has 1 aliphatic rings. The second-order valence-electron chi connectivity index (χ2n) is 3.93. The average Bonchev–Trinajstić information content (AvgIpc) is 3.00. The first-order valence-electron chi connectivity index (χ1n) is 5.28. The maximum Gasteiger partial charge on any atom is 0.120 e. The normalized spacial score (nSPS) is 17.5. The summed E-state index contributed by atoms with van der Waals surface area (Å²) in [6.07, 6.45) is 4.13. The van der Waals surface area contributed by atoms with Crippen molar-refractivity contribution < 1.29 is 4.74 Å². The van der Waals surface area contributed by atoms with E-state index in [-0.39, 0.29) is 0 Å². The van der Waals surface area contributed by atoms with Crippen LogP contribution in [0.4, 0.5) is 0 Å². The van der Waals surface area contributed by atoms with Crippen LogP contribution in [-0.2, 0) is 0 Å². The molecule has 1 unspecified atom stereocenters. The van der Waals surface area contributed by atoms with Gasteiger partial charge in [-0.3, -0.25) is 0 Å². The van der Waals surface area contributed by atoms with Crippen molar-refractivity contribution >= 4 is 31.9 Å². The number of hydrogen-bond donors (Lipinski definition) is 0. The van der Waals surface area contributed by atoms with E-state index in [1.807, 2.05) is 24.3 Å². The predicted molar refractivity (Wildman–Crippen MR) is 69.7 cm³/mol. The van der Waals surface area contributed by atoms with E-state index in [4.69, 9.17) is 4.74 Å².